The molecule has 5 rings (SSSR count). The standard InChI is InChI=1S/C28H36O13/c1-34-16-5-12(6-17(35-2)21(16)30)25-14-10-39-26(15(14)11-38-25)13-7-18(36-3)27(19(8-13)37-4)41-28-24(33)23(32)22(31)20(9-29)40-28/h5-8,14-15,20,22-26,28-33H,9-11H2,1-4H3/t14-,15-,20+,22+,23-,24+,25-,26+,28-/m0/s1. The maximum absolute atomic E-state index is 10.5. The third-order valence-corrected chi connectivity index (χ3v) is 7.99. The van der Waals surface area contributed by atoms with Gasteiger partial charge in [-0.05, 0) is 35.4 Å². The van der Waals surface area contributed by atoms with Crippen molar-refractivity contribution < 1.29 is 63.4 Å². The van der Waals surface area contributed by atoms with Gasteiger partial charge in [-0.2, -0.15) is 0 Å². The van der Waals surface area contributed by atoms with E-state index in [2.05, 4.69) is 0 Å². The summed E-state index contributed by atoms with van der Waals surface area (Å²) in [6.07, 6.45) is -7.96. The minimum Gasteiger partial charge on any atom is -0.502 e. The van der Waals surface area contributed by atoms with E-state index in [0.717, 1.165) is 11.1 Å². The smallest absolute Gasteiger partial charge is 0.229 e. The van der Waals surface area contributed by atoms with Crippen molar-refractivity contribution in [2.75, 3.05) is 48.3 Å². The van der Waals surface area contributed by atoms with E-state index in [9.17, 15) is 25.5 Å². The highest BCUT2D eigenvalue weighted by Crippen LogP contribution is 2.53. The van der Waals surface area contributed by atoms with Crippen LogP contribution < -0.4 is 23.7 Å². The van der Waals surface area contributed by atoms with Crippen molar-refractivity contribution >= 4 is 0 Å². The molecule has 3 fully saturated rings. The number of phenolic OH excluding ortho intramolecular Hbond substituents is 1. The number of hydrogen-bond acceptors (Lipinski definition) is 13. The number of aromatic hydroxyl groups is 1. The third kappa shape index (κ3) is 5.23. The van der Waals surface area contributed by atoms with Crippen molar-refractivity contribution in [1.29, 1.82) is 0 Å². The summed E-state index contributed by atoms with van der Waals surface area (Å²) in [5, 5.41) is 50.5. The molecule has 0 unspecified atom stereocenters. The molecule has 3 aliphatic heterocycles. The van der Waals surface area contributed by atoms with Crippen molar-refractivity contribution in [3.63, 3.8) is 0 Å². The van der Waals surface area contributed by atoms with Crippen molar-refractivity contribution in [3.05, 3.63) is 35.4 Å². The van der Waals surface area contributed by atoms with Gasteiger partial charge in [-0.3, -0.25) is 0 Å². The summed E-state index contributed by atoms with van der Waals surface area (Å²) in [6.45, 7) is 0.241. The SMILES string of the molecule is COc1cc([C@@H]2OC[C@H]3[C@@H]2CO[C@@H]3c2cc(OC)c(O[C@@H]3O[C@H](CO)[C@@H](O)[C@H](O)[C@H]3O)c(OC)c2)cc(OC)c1O. The van der Waals surface area contributed by atoms with Crippen LogP contribution in [0.15, 0.2) is 24.3 Å². The second kappa shape index (κ2) is 12.1. The molecule has 3 aliphatic rings. The first kappa shape index (κ1) is 29.5. The van der Waals surface area contributed by atoms with Crippen LogP contribution in [0.1, 0.15) is 23.3 Å². The fourth-order valence-electron chi connectivity index (χ4n) is 5.77. The molecule has 41 heavy (non-hydrogen) atoms. The Morgan fingerprint density at radius 1 is 0.707 bits per heavy atom. The molecule has 226 valence electrons. The summed E-state index contributed by atoms with van der Waals surface area (Å²) in [7, 11) is 5.82. The highest BCUT2D eigenvalue weighted by molar-refractivity contribution is 5.55. The van der Waals surface area contributed by atoms with Gasteiger partial charge >= 0.3 is 0 Å². The lowest BCUT2D eigenvalue weighted by molar-refractivity contribution is -0.277. The fourth-order valence-corrected chi connectivity index (χ4v) is 5.77. The summed E-state index contributed by atoms with van der Waals surface area (Å²) in [5.74, 6) is 1.08. The van der Waals surface area contributed by atoms with Crippen molar-refractivity contribution in [2.45, 2.75) is 42.9 Å². The Morgan fingerprint density at radius 3 is 1.61 bits per heavy atom. The lowest BCUT2D eigenvalue weighted by atomic mass is 9.84. The van der Waals surface area contributed by atoms with E-state index in [-0.39, 0.29) is 58.5 Å². The Hall–Kier alpha value is -3.04. The quantitative estimate of drug-likeness (QED) is 0.280. The lowest BCUT2D eigenvalue weighted by Gasteiger charge is -2.39. The monoisotopic (exact) mass is 580 g/mol. The van der Waals surface area contributed by atoms with Crippen LogP contribution in [0.3, 0.4) is 0 Å². The Morgan fingerprint density at radius 2 is 1.17 bits per heavy atom. The molecule has 0 aromatic heterocycles. The minimum absolute atomic E-state index is 0.000914. The molecule has 9 atom stereocenters. The van der Waals surface area contributed by atoms with E-state index >= 15 is 0 Å². The number of aliphatic hydroxyl groups is 4. The Kier molecular flexibility index (Phi) is 8.66. The first-order valence-electron chi connectivity index (χ1n) is 13.2. The van der Waals surface area contributed by atoms with E-state index < -0.39 is 37.3 Å². The van der Waals surface area contributed by atoms with Crippen molar-refractivity contribution in [2.24, 2.45) is 11.8 Å². The van der Waals surface area contributed by atoms with Crippen molar-refractivity contribution in [3.8, 4) is 34.5 Å². The van der Waals surface area contributed by atoms with Crippen LogP contribution in [-0.4, -0.2) is 104 Å². The molecule has 0 bridgehead atoms. The van der Waals surface area contributed by atoms with E-state index in [1.54, 1.807) is 24.3 Å². The van der Waals surface area contributed by atoms with E-state index in [1.165, 1.54) is 28.4 Å². The average Bonchev–Trinajstić information content (AvgIpc) is 3.60. The molecule has 0 aliphatic carbocycles. The van der Waals surface area contributed by atoms with Gasteiger partial charge < -0.3 is 63.4 Å². The predicted molar refractivity (Wildman–Crippen MR) is 140 cm³/mol. The molecule has 0 amide bonds. The van der Waals surface area contributed by atoms with Crippen LogP contribution in [0.2, 0.25) is 0 Å². The molecular formula is C28H36O13. The molecular weight excluding hydrogens is 544 g/mol. The van der Waals surface area contributed by atoms with Crippen LogP contribution >= 0.6 is 0 Å². The first-order chi connectivity index (χ1) is 19.8. The summed E-state index contributed by atoms with van der Waals surface area (Å²) < 4.78 is 45.7. The highest BCUT2D eigenvalue weighted by atomic mass is 16.7. The average molecular weight is 581 g/mol. The number of phenols is 1. The minimum atomic E-state index is -1.61. The predicted octanol–water partition coefficient (Wildman–Crippen LogP) is 0.680. The number of hydrogen-bond donors (Lipinski definition) is 5. The Labute approximate surface area is 236 Å². The maximum atomic E-state index is 10.5. The van der Waals surface area contributed by atoms with E-state index in [0.29, 0.717) is 13.2 Å². The van der Waals surface area contributed by atoms with Crippen LogP contribution in [0, 0.1) is 11.8 Å². The van der Waals surface area contributed by atoms with Crippen molar-refractivity contribution in [1.82, 2.24) is 0 Å². The van der Waals surface area contributed by atoms with Gasteiger partial charge in [0.2, 0.25) is 17.8 Å². The van der Waals surface area contributed by atoms with Gasteiger partial charge in [0.1, 0.15) is 24.4 Å². The lowest BCUT2D eigenvalue weighted by Crippen LogP contribution is -2.60. The maximum Gasteiger partial charge on any atom is 0.229 e. The van der Waals surface area contributed by atoms with Crippen LogP contribution in [0.25, 0.3) is 0 Å². The normalized spacial score (nSPS) is 32.8. The Balaban J connectivity index is 1.40. The molecule has 13 nitrogen and oxygen atoms in total. The second-order valence-electron chi connectivity index (χ2n) is 10.2. The molecule has 0 saturated carbocycles. The molecule has 0 radical (unpaired) electrons. The zero-order valence-electron chi connectivity index (χ0n) is 23.1. The molecule has 3 heterocycles. The third-order valence-electron chi connectivity index (χ3n) is 7.99. The number of ether oxygens (including phenoxy) is 8. The summed E-state index contributed by atoms with van der Waals surface area (Å²) in [5.41, 5.74) is 1.55. The molecule has 2 aromatic rings. The number of aliphatic hydroxyl groups excluding tert-OH is 4. The summed E-state index contributed by atoms with van der Waals surface area (Å²) in [6, 6.07) is 6.93. The first-order valence-corrected chi connectivity index (χ1v) is 13.2. The van der Waals surface area contributed by atoms with E-state index in [4.69, 9.17) is 37.9 Å². The summed E-state index contributed by atoms with van der Waals surface area (Å²) in [4.78, 5) is 0. The molecule has 2 aromatic carbocycles. The van der Waals surface area contributed by atoms with Crippen LogP contribution in [-0.2, 0) is 14.2 Å². The van der Waals surface area contributed by atoms with Gasteiger partial charge in [0, 0.05) is 11.8 Å². The number of methoxy groups -OCH3 is 4. The largest absolute Gasteiger partial charge is 0.502 e. The topological polar surface area (TPSA) is 175 Å². The zero-order valence-corrected chi connectivity index (χ0v) is 23.1. The van der Waals surface area contributed by atoms with Gasteiger partial charge in [0.05, 0.1) is 60.5 Å². The van der Waals surface area contributed by atoms with Gasteiger partial charge in [0.25, 0.3) is 0 Å². The van der Waals surface area contributed by atoms with Crippen LogP contribution in [0.4, 0.5) is 0 Å². The van der Waals surface area contributed by atoms with Gasteiger partial charge in [-0.1, -0.05) is 0 Å². The molecule has 0 spiro atoms. The second-order valence-corrected chi connectivity index (χ2v) is 10.2. The molecule has 3 saturated heterocycles. The fraction of sp³-hybridized carbons (Fsp3) is 0.571. The van der Waals surface area contributed by atoms with Gasteiger partial charge in [-0.25, -0.2) is 0 Å². The van der Waals surface area contributed by atoms with E-state index in [1.807, 2.05) is 0 Å². The highest BCUT2D eigenvalue weighted by Gasteiger charge is 2.49. The molecule has 13 heteroatoms. The number of fused-ring (bicyclic) bond motifs is 1. The van der Waals surface area contributed by atoms with Gasteiger partial charge in [0.15, 0.2) is 23.0 Å². The Bertz CT molecular complexity index is 1170. The van der Waals surface area contributed by atoms with Gasteiger partial charge in [-0.15, -0.1) is 0 Å². The number of rotatable bonds is 9. The summed E-state index contributed by atoms with van der Waals surface area (Å²) >= 11 is 0. The zero-order chi connectivity index (χ0) is 29.4. The van der Waals surface area contributed by atoms with Crippen LogP contribution in [0.5, 0.6) is 34.5 Å². The molecule has 5 N–H and O–H groups in total. The number of benzene rings is 2.